The summed E-state index contributed by atoms with van der Waals surface area (Å²) in [6.07, 6.45) is 0.880. The first kappa shape index (κ1) is 16.0. The number of anilines is 1. The first-order valence-corrected chi connectivity index (χ1v) is 6.87. The average Bonchev–Trinajstić information content (AvgIpc) is 2.45. The van der Waals surface area contributed by atoms with Crippen molar-refractivity contribution in [3.05, 3.63) is 29.8 Å². The predicted octanol–water partition coefficient (Wildman–Crippen LogP) is 2.19. The molecule has 2 N–H and O–H groups in total. The molecule has 5 nitrogen and oxygen atoms in total. The zero-order valence-electron chi connectivity index (χ0n) is 12.2. The maximum atomic E-state index is 11.8. The summed E-state index contributed by atoms with van der Waals surface area (Å²) in [5, 5.41) is 5.82. The maximum absolute atomic E-state index is 11.8. The lowest BCUT2D eigenvalue weighted by Gasteiger charge is -2.14. The van der Waals surface area contributed by atoms with Gasteiger partial charge in [-0.15, -0.1) is 0 Å². The number of carbonyl (C=O) groups excluding carboxylic acids is 2. The Kier molecular flexibility index (Phi) is 6.56. The Hall–Kier alpha value is -2.04. The van der Waals surface area contributed by atoms with E-state index in [4.69, 9.17) is 4.74 Å². The van der Waals surface area contributed by atoms with Crippen molar-refractivity contribution in [2.75, 3.05) is 18.5 Å². The van der Waals surface area contributed by atoms with E-state index in [1.807, 2.05) is 13.8 Å². The van der Waals surface area contributed by atoms with E-state index in [0.717, 1.165) is 6.42 Å². The van der Waals surface area contributed by atoms with Crippen molar-refractivity contribution < 1.29 is 14.3 Å². The molecule has 0 bridgehead atoms. The van der Waals surface area contributed by atoms with Gasteiger partial charge in [-0.1, -0.05) is 19.1 Å². The summed E-state index contributed by atoms with van der Waals surface area (Å²) in [6.45, 7) is 6.16. The third-order valence-electron chi connectivity index (χ3n) is 2.88. The Balaban J connectivity index is 2.64. The fourth-order valence-electron chi connectivity index (χ4n) is 1.63. The van der Waals surface area contributed by atoms with Gasteiger partial charge < -0.3 is 15.4 Å². The molecule has 0 saturated heterocycles. The van der Waals surface area contributed by atoms with Crippen molar-refractivity contribution in [1.82, 2.24) is 5.32 Å². The largest absolute Gasteiger partial charge is 0.462 e. The summed E-state index contributed by atoms with van der Waals surface area (Å²) in [7, 11) is 0. The summed E-state index contributed by atoms with van der Waals surface area (Å²) < 4.78 is 4.98. The molecule has 0 aliphatic heterocycles. The second-order valence-electron chi connectivity index (χ2n) is 4.50. The quantitative estimate of drug-likeness (QED) is 0.750. The van der Waals surface area contributed by atoms with Gasteiger partial charge in [0.05, 0.1) is 18.7 Å². The highest BCUT2D eigenvalue weighted by molar-refractivity contribution is 5.96. The number of hydrogen-bond donors (Lipinski definition) is 2. The molecular formula is C15H22N2O3. The molecule has 0 aromatic heterocycles. The Bertz CT molecular complexity index is 460. The van der Waals surface area contributed by atoms with Crippen LogP contribution in [-0.2, 0) is 9.53 Å². The van der Waals surface area contributed by atoms with Gasteiger partial charge in [-0.05, 0) is 32.4 Å². The van der Waals surface area contributed by atoms with E-state index < -0.39 is 5.97 Å². The van der Waals surface area contributed by atoms with Crippen LogP contribution in [-0.4, -0.2) is 31.1 Å². The maximum Gasteiger partial charge on any atom is 0.340 e. The van der Waals surface area contributed by atoms with Gasteiger partial charge in [0.2, 0.25) is 5.91 Å². The minimum Gasteiger partial charge on any atom is -0.462 e. The number of carbonyl (C=O) groups is 2. The van der Waals surface area contributed by atoms with Crippen molar-refractivity contribution in [3.8, 4) is 0 Å². The van der Waals surface area contributed by atoms with E-state index in [9.17, 15) is 9.59 Å². The van der Waals surface area contributed by atoms with Crippen molar-refractivity contribution >= 4 is 17.6 Å². The molecule has 0 saturated carbocycles. The average molecular weight is 278 g/mol. The molecule has 0 spiro atoms. The van der Waals surface area contributed by atoms with Crippen molar-refractivity contribution in [3.63, 3.8) is 0 Å². The molecule has 20 heavy (non-hydrogen) atoms. The van der Waals surface area contributed by atoms with E-state index in [-0.39, 0.29) is 18.5 Å². The van der Waals surface area contributed by atoms with Gasteiger partial charge in [-0.3, -0.25) is 4.79 Å². The van der Waals surface area contributed by atoms with Gasteiger partial charge in [0.15, 0.2) is 0 Å². The van der Waals surface area contributed by atoms with E-state index in [1.54, 1.807) is 31.2 Å². The van der Waals surface area contributed by atoms with Crippen LogP contribution < -0.4 is 10.6 Å². The van der Waals surface area contributed by atoms with Gasteiger partial charge >= 0.3 is 5.97 Å². The Morgan fingerprint density at radius 3 is 2.60 bits per heavy atom. The van der Waals surface area contributed by atoms with Gasteiger partial charge in [0.25, 0.3) is 0 Å². The summed E-state index contributed by atoms with van der Waals surface area (Å²) >= 11 is 0. The first-order chi connectivity index (χ1) is 9.58. The molecule has 1 unspecified atom stereocenters. The van der Waals surface area contributed by atoms with Gasteiger partial charge in [-0.2, -0.15) is 0 Å². The summed E-state index contributed by atoms with van der Waals surface area (Å²) in [4.78, 5) is 23.5. The van der Waals surface area contributed by atoms with E-state index in [2.05, 4.69) is 10.6 Å². The van der Waals surface area contributed by atoms with Crippen LogP contribution in [0.1, 0.15) is 37.6 Å². The number of ether oxygens (including phenoxy) is 1. The highest BCUT2D eigenvalue weighted by Gasteiger charge is 2.12. The molecule has 0 heterocycles. The topological polar surface area (TPSA) is 67.4 Å². The molecule has 1 amide bonds. The molecule has 0 aliphatic rings. The van der Waals surface area contributed by atoms with Crippen LogP contribution in [0.4, 0.5) is 5.69 Å². The normalized spacial score (nSPS) is 11.6. The molecule has 0 fully saturated rings. The minimum atomic E-state index is -0.391. The number of para-hydroxylation sites is 1. The number of nitrogens with one attached hydrogen (secondary N) is 2. The number of rotatable bonds is 7. The number of benzene rings is 1. The standard InChI is InChI=1S/C15H22N2O3/c1-4-11(3)17-14(18)10-16-13-9-7-6-8-12(13)15(19)20-5-2/h6-9,11,16H,4-5,10H2,1-3H3,(H,17,18). The van der Waals surface area contributed by atoms with E-state index in [0.29, 0.717) is 17.9 Å². The monoisotopic (exact) mass is 278 g/mol. The second kappa shape index (κ2) is 8.19. The van der Waals surface area contributed by atoms with Crippen LogP contribution in [0.15, 0.2) is 24.3 Å². The number of esters is 1. The van der Waals surface area contributed by atoms with Gasteiger partial charge in [-0.25, -0.2) is 4.79 Å². The van der Waals surface area contributed by atoms with Crippen LogP contribution in [0.25, 0.3) is 0 Å². The molecule has 1 rings (SSSR count). The Labute approximate surface area is 119 Å². The van der Waals surface area contributed by atoms with Crippen molar-refractivity contribution in [1.29, 1.82) is 0 Å². The van der Waals surface area contributed by atoms with Crippen LogP contribution in [0.5, 0.6) is 0 Å². The van der Waals surface area contributed by atoms with E-state index in [1.165, 1.54) is 0 Å². The van der Waals surface area contributed by atoms with Gasteiger partial charge in [0.1, 0.15) is 0 Å². The first-order valence-electron chi connectivity index (χ1n) is 6.87. The number of hydrogen-bond acceptors (Lipinski definition) is 4. The fourth-order valence-corrected chi connectivity index (χ4v) is 1.63. The van der Waals surface area contributed by atoms with E-state index >= 15 is 0 Å². The van der Waals surface area contributed by atoms with Crippen molar-refractivity contribution in [2.45, 2.75) is 33.2 Å². The summed E-state index contributed by atoms with van der Waals surface area (Å²) in [6, 6.07) is 7.13. The fraction of sp³-hybridized carbons (Fsp3) is 0.467. The Morgan fingerprint density at radius 1 is 1.25 bits per heavy atom. The zero-order chi connectivity index (χ0) is 15.0. The zero-order valence-corrected chi connectivity index (χ0v) is 12.2. The number of amides is 1. The lowest BCUT2D eigenvalue weighted by molar-refractivity contribution is -0.120. The molecule has 5 heteroatoms. The molecule has 0 radical (unpaired) electrons. The summed E-state index contributed by atoms with van der Waals surface area (Å²) in [5.41, 5.74) is 1.04. The third kappa shape index (κ3) is 4.91. The predicted molar refractivity (Wildman–Crippen MR) is 78.8 cm³/mol. The molecule has 1 aromatic carbocycles. The molecule has 1 aromatic rings. The third-order valence-corrected chi connectivity index (χ3v) is 2.88. The van der Waals surface area contributed by atoms with Crippen LogP contribution in [0.3, 0.4) is 0 Å². The molecular weight excluding hydrogens is 256 g/mol. The SMILES string of the molecule is CCOC(=O)c1ccccc1NCC(=O)NC(C)CC. The minimum absolute atomic E-state index is 0.0991. The highest BCUT2D eigenvalue weighted by Crippen LogP contribution is 2.15. The van der Waals surface area contributed by atoms with Gasteiger partial charge in [0, 0.05) is 11.7 Å². The lowest BCUT2D eigenvalue weighted by Crippen LogP contribution is -2.36. The van der Waals surface area contributed by atoms with Crippen molar-refractivity contribution in [2.24, 2.45) is 0 Å². The molecule has 0 aliphatic carbocycles. The summed E-state index contributed by atoms with van der Waals surface area (Å²) in [5.74, 6) is -0.490. The molecule has 1 atom stereocenters. The lowest BCUT2D eigenvalue weighted by atomic mass is 10.2. The second-order valence-corrected chi connectivity index (χ2v) is 4.50. The van der Waals surface area contributed by atoms with Crippen LogP contribution >= 0.6 is 0 Å². The Morgan fingerprint density at radius 2 is 1.95 bits per heavy atom. The van der Waals surface area contributed by atoms with Crippen LogP contribution in [0.2, 0.25) is 0 Å². The smallest absolute Gasteiger partial charge is 0.340 e. The molecule has 110 valence electrons. The van der Waals surface area contributed by atoms with Crippen LogP contribution in [0, 0.1) is 0 Å². The highest BCUT2D eigenvalue weighted by atomic mass is 16.5.